The van der Waals surface area contributed by atoms with Crippen molar-refractivity contribution in [2.45, 2.75) is 6.54 Å². The number of hydrogen-bond acceptors (Lipinski definition) is 4. The van der Waals surface area contributed by atoms with E-state index in [0.29, 0.717) is 17.5 Å². The van der Waals surface area contributed by atoms with Gasteiger partial charge in [0, 0.05) is 0 Å². The summed E-state index contributed by atoms with van der Waals surface area (Å²) in [6, 6.07) is 3.71. The Bertz CT molecular complexity index is 402. The van der Waals surface area contributed by atoms with E-state index in [0.717, 1.165) is 5.76 Å². The molecule has 0 radical (unpaired) electrons. The van der Waals surface area contributed by atoms with Gasteiger partial charge in [-0.3, -0.25) is 4.98 Å². The molecule has 4 nitrogen and oxygen atoms in total. The molecule has 0 saturated carbocycles. The average molecular weight is 210 g/mol. The highest BCUT2D eigenvalue weighted by Gasteiger charge is 1.97. The van der Waals surface area contributed by atoms with Crippen molar-refractivity contribution in [3.8, 4) is 0 Å². The molecule has 14 heavy (non-hydrogen) atoms. The van der Waals surface area contributed by atoms with Crippen molar-refractivity contribution in [2.24, 2.45) is 0 Å². The van der Waals surface area contributed by atoms with E-state index in [1.54, 1.807) is 12.5 Å². The number of halogens is 1. The van der Waals surface area contributed by atoms with Crippen LogP contribution in [0.5, 0.6) is 0 Å². The molecule has 0 unspecified atom stereocenters. The summed E-state index contributed by atoms with van der Waals surface area (Å²) in [7, 11) is 0. The lowest BCUT2D eigenvalue weighted by Gasteiger charge is -2.01. The average Bonchev–Trinajstić information content (AvgIpc) is 2.67. The molecule has 1 N–H and O–H groups in total. The fourth-order valence-electron chi connectivity index (χ4n) is 1.02. The number of aromatic nitrogens is 2. The van der Waals surface area contributed by atoms with Crippen molar-refractivity contribution in [2.75, 3.05) is 5.32 Å². The Morgan fingerprint density at radius 2 is 2.36 bits per heavy atom. The Morgan fingerprint density at radius 3 is 3.07 bits per heavy atom. The first-order valence-electron chi connectivity index (χ1n) is 4.08. The molecule has 2 aromatic rings. The Hall–Kier alpha value is -1.55. The molecule has 2 heterocycles. The Kier molecular flexibility index (Phi) is 2.65. The lowest BCUT2D eigenvalue weighted by atomic mass is 10.4. The summed E-state index contributed by atoms with van der Waals surface area (Å²) in [5, 5.41) is 3.41. The van der Waals surface area contributed by atoms with Gasteiger partial charge < -0.3 is 9.73 Å². The van der Waals surface area contributed by atoms with E-state index in [1.807, 2.05) is 12.1 Å². The van der Waals surface area contributed by atoms with E-state index < -0.39 is 0 Å². The third-order valence-electron chi connectivity index (χ3n) is 1.63. The van der Waals surface area contributed by atoms with Crippen LogP contribution in [0.1, 0.15) is 5.76 Å². The monoisotopic (exact) mass is 209 g/mol. The molecular formula is C9H8ClN3O. The van der Waals surface area contributed by atoms with Gasteiger partial charge in [-0.05, 0) is 12.1 Å². The second-order valence-corrected chi connectivity index (χ2v) is 3.05. The van der Waals surface area contributed by atoms with Crippen LogP contribution >= 0.6 is 11.6 Å². The number of hydrogen-bond donors (Lipinski definition) is 1. The van der Waals surface area contributed by atoms with Gasteiger partial charge in [0.1, 0.15) is 16.7 Å². The van der Waals surface area contributed by atoms with Crippen molar-refractivity contribution in [3.63, 3.8) is 0 Å². The van der Waals surface area contributed by atoms with Gasteiger partial charge in [0.2, 0.25) is 0 Å². The first kappa shape index (κ1) is 9.02. The summed E-state index contributed by atoms with van der Waals surface area (Å²) >= 11 is 5.67. The van der Waals surface area contributed by atoms with Crippen molar-refractivity contribution < 1.29 is 4.42 Å². The van der Waals surface area contributed by atoms with Crippen molar-refractivity contribution in [1.82, 2.24) is 9.97 Å². The Morgan fingerprint density at radius 1 is 1.43 bits per heavy atom. The maximum Gasteiger partial charge on any atom is 0.149 e. The second kappa shape index (κ2) is 4.11. The summed E-state index contributed by atoms with van der Waals surface area (Å²) in [4.78, 5) is 7.92. The van der Waals surface area contributed by atoms with Gasteiger partial charge >= 0.3 is 0 Å². The zero-order chi connectivity index (χ0) is 9.80. The van der Waals surface area contributed by atoms with E-state index >= 15 is 0 Å². The molecule has 0 fully saturated rings. The minimum atomic E-state index is 0.370. The van der Waals surface area contributed by atoms with Gasteiger partial charge in [-0.2, -0.15) is 0 Å². The quantitative estimate of drug-likeness (QED) is 0.843. The number of nitrogens with zero attached hydrogens (tertiary/aromatic N) is 2. The number of anilines is 1. The van der Waals surface area contributed by atoms with Crippen LogP contribution in [0.3, 0.4) is 0 Å². The van der Waals surface area contributed by atoms with E-state index in [-0.39, 0.29) is 0 Å². The van der Waals surface area contributed by atoms with Crippen LogP contribution in [0.25, 0.3) is 0 Å². The molecule has 2 rings (SSSR count). The maximum atomic E-state index is 5.67. The predicted molar refractivity (Wildman–Crippen MR) is 53.1 cm³/mol. The zero-order valence-corrected chi connectivity index (χ0v) is 8.03. The van der Waals surface area contributed by atoms with E-state index in [2.05, 4.69) is 15.3 Å². The van der Waals surface area contributed by atoms with Crippen LogP contribution in [0.4, 0.5) is 5.82 Å². The molecule has 0 atom stereocenters. The lowest BCUT2D eigenvalue weighted by molar-refractivity contribution is 0.518. The molecule has 2 aromatic heterocycles. The van der Waals surface area contributed by atoms with E-state index in [1.165, 1.54) is 6.20 Å². The summed E-state index contributed by atoms with van der Waals surface area (Å²) < 4.78 is 5.14. The van der Waals surface area contributed by atoms with E-state index in [4.69, 9.17) is 16.0 Å². The molecule has 5 heteroatoms. The molecule has 0 saturated heterocycles. The first-order chi connectivity index (χ1) is 6.84. The van der Waals surface area contributed by atoms with Gasteiger partial charge in [0.15, 0.2) is 0 Å². The van der Waals surface area contributed by atoms with Gasteiger partial charge in [-0.15, -0.1) is 0 Å². The third kappa shape index (κ3) is 2.23. The van der Waals surface area contributed by atoms with Crippen LogP contribution in [0.15, 0.2) is 35.2 Å². The van der Waals surface area contributed by atoms with Gasteiger partial charge in [-0.25, -0.2) is 4.98 Å². The van der Waals surface area contributed by atoms with Gasteiger partial charge in [-0.1, -0.05) is 11.6 Å². The minimum Gasteiger partial charge on any atom is -0.467 e. The zero-order valence-electron chi connectivity index (χ0n) is 7.27. The minimum absolute atomic E-state index is 0.370. The van der Waals surface area contributed by atoms with Crippen molar-refractivity contribution in [3.05, 3.63) is 41.7 Å². The second-order valence-electron chi connectivity index (χ2n) is 2.66. The number of nitrogens with one attached hydrogen (secondary N) is 1. The fourth-order valence-corrected chi connectivity index (χ4v) is 1.17. The first-order valence-corrected chi connectivity index (χ1v) is 4.46. The SMILES string of the molecule is Clc1cncc(NCc2ccco2)n1. The summed E-state index contributed by atoms with van der Waals surface area (Å²) in [5.41, 5.74) is 0. The summed E-state index contributed by atoms with van der Waals surface area (Å²) in [6.07, 6.45) is 4.72. The topological polar surface area (TPSA) is 51.0 Å². The van der Waals surface area contributed by atoms with Crippen molar-refractivity contribution in [1.29, 1.82) is 0 Å². The van der Waals surface area contributed by atoms with Crippen molar-refractivity contribution >= 4 is 17.4 Å². The molecule has 72 valence electrons. The Labute approximate surface area is 85.9 Å². The Balaban J connectivity index is 1.98. The molecular weight excluding hydrogens is 202 g/mol. The van der Waals surface area contributed by atoms with Crippen LogP contribution in [0.2, 0.25) is 5.15 Å². The third-order valence-corrected chi connectivity index (χ3v) is 1.81. The van der Waals surface area contributed by atoms with Gasteiger partial charge in [0.05, 0.1) is 25.2 Å². The molecule has 0 aliphatic heterocycles. The molecule has 0 bridgehead atoms. The predicted octanol–water partition coefficient (Wildman–Crippen LogP) is 2.34. The summed E-state index contributed by atoms with van der Waals surface area (Å²) in [5.74, 6) is 1.47. The maximum absolute atomic E-state index is 5.67. The summed E-state index contributed by atoms with van der Waals surface area (Å²) in [6.45, 7) is 0.571. The normalized spacial score (nSPS) is 10.1. The number of furan rings is 1. The highest BCUT2D eigenvalue weighted by molar-refractivity contribution is 6.29. The van der Waals surface area contributed by atoms with Crippen LogP contribution in [-0.4, -0.2) is 9.97 Å². The van der Waals surface area contributed by atoms with E-state index in [9.17, 15) is 0 Å². The highest BCUT2D eigenvalue weighted by Crippen LogP contribution is 2.08. The van der Waals surface area contributed by atoms with Crippen LogP contribution in [-0.2, 0) is 6.54 Å². The molecule has 0 aliphatic carbocycles. The molecule has 0 aromatic carbocycles. The molecule has 0 amide bonds. The fraction of sp³-hybridized carbons (Fsp3) is 0.111. The van der Waals surface area contributed by atoms with Crippen LogP contribution in [0, 0.1) is 0 Å². The smallest absolute Gasteiger partial charge is 0.149 e. The standard InChI is InChI=1S/C9H8ClN3O/c10-8-5-11-6-9(13-8)12-4-7-2-1-3-14-7/h1-3,5-6H,4H2,(H,12,13). The largest absolute Gasteiger partial charge is 0.467 e. The number of rotatable bonds is 3. The lowest BCUT2D eigenvalue weighted by Crippen LogP contribution is -2.00. The van der Waals surface area contributed by atoms with Crippen LogP contribution < -0.4 is 5.32 Å². The molecule has 0 aliphatic rings. The van der Waals surface area contributed by atoms with Gasteiger partial charge in [0.25, 0.3) is 0 Å². The highest BCUT2D eigenvalue weighted by atomic mass is 35.5. The molecule has 0 spiro atoms.